The molecule has 1 N–H and O–H groups in total. The van der Waals surface area contributed by atoms with E-state index in [1.165, 1.54) is 0 Å². The Balaban J connectivity index is 2.59. The van der Waals surface area contributed by atoms with Gasteiger partial charge in [-0.1, -0.05) is 0 Å². The normalized spacial score (nSPS) is 15.6. The highest BCUT2D eigenvalue weighted by molar-refractivity contribution is 7.79. The van der Waals surface area contributed by atoms with Gasteiger partial charge in [-0.3, -0.25) is 10.1 Å². The first kappa shape index (κ1) is 10.8. The van der Waals surface area contributed by atoms with Crippen LogP contribution < -0.4 is 9.47 Å². The Hall–Kier alpha value is -1.67. The van der Waals surface area contributed by atoms with Gasteiger partial charge in [0.15, 0.2) is 22.6 Å². The summed E-state index contributed by atoms with van der Waals surface area (Å²) in [6.07, 6.45) is 0. The van der Waals surface area contributed by atoms with Gasteiger partial charge in [0.1, 0.15) is 18.1 Å². The maximum Gasteiger partial charge on any atom is 0.291 e. The molecule has 1 atom stereocenters. The zero-order chi connectivity index (χ0) is 11.7. The summed E-state index contributed by atoms with van der Waals surface area (Å²) in [5.41, 5.74) is -0.454. The zero-order valence-electron chi connectivity index (χ0n) is 7.91. The van der Waals surface area contributed by atoms with Gasteiger partial charge in [-0.15, -0.1) is 0 Å². The van der Waals surface area contributed by atoms with Crippen molar-refractivity contribution in [1.82, 2.24) is 0 Å². The third-order valence-corrected chi connectivity index (χ3v) is 2.71. The van der Waals surface area contributed by atoms with Crippen LogP contribution in [0.15, 0.2) is 17.0 Å². The maximum absolute atomic E-state index is 10.9. The molecular formula is C8H7NO6S. The van der Waals surface area contributed by atoms with E-state index in [1.807, 2.05) is 0 Å². The van der Waals surface area contributed by atoms with Gasteiger partial charge in [0, 0.05) is 6.07 Å². The number of hydrogen-bond acceptors (Lipinski definition) is 5. The van der Waals surface area contributed by atoms with E-state index in [-0.39, 0.29) is 16.4 Å². The molecule has 2 rings (SSSR count). The lowest BCUT2D eigenvalue weighted by molar-refractivity contribution is -0.388. The summed E-state index contributed by atoms with van der Waals surface area (Å²) in [6.45, 7) is 0.605. The summed E-state index contributed by atoms with van der Waals surface area (Å²) in [6, 6.07) is 2.25. The third kappa shape index (κ3) is 1.84. The molecule has 1 aromatic rings. The topological polar surface area (TPSA) is 98.9 Å². The Kier molecular flexibility index (Phi) is 2.75. The minimum atomic E-state index is -2.44. The van der Waals surface area contributed by atoms with E-state index in [2.05, 4.69) is 0 Å². The van der Waals surface area contributed by atoms with Crippen LogP contribution in [0.5, 0.6) is 11.5 Å². The smallest absolute Gasteiger partial charge is 0.291 e. The van der Waals surface area contributed by atoms with Crippen LogP contribution in [0.4, 0.5) is 5.69 Å². The third-order valence-electron chi connectivity index (χ3n) is 2.01. The van der Waals surface area contributed by atoms with Crippen LogP contribution in [0.1, 0.15) is 0 Å². The highest BCUT2D eigenvalue weighted by Gasteiger charge is 2.24. The second-order valence-corrected chi connectivity index (χ2v) is 3.91. The Morgan fingerprint density at radius 3 is 2.38 bits per heavy atom. The Labute approximate surface area is 92.4 Å². The van der Waals surface area contributed by atoms with Crippen molar-refractivity contribution < 1.29 is 23.2 Å². The molecule has 0 spiro atoms. The van der Waals surface area contributed by atoms with E-state index >= 15 is 0 Å². The zero-order valence-corrected chi connectivity index (χ0v) is 8.73. The second kappa shape index (κ2) is 4.06. The molecule has 0 bridgehead atoms. The van der Waals surface area contributed by atoms with Crippen molar-refractivity contribution in [2.24, 2.45) is 0 Å². The van der Waals surface area contributed by atoms with E-state index in [4.69, 9.17) is 14.0 Å². The van der Waals surface area contributed by atoms with Crippen molar-refractivity contribution in [3.05, 3.63) is 22.2 Å². The summed E-state index contributed by atoms with van der Waals surface area (Å²) in [5, 5.41) is 10.7. The molecule has 0 saturated carbocycles. The minimum absolute atomic E-state index is 0.215. The maximum atomic E-state index is 10.9. The van der Waals surface area contributed by atoms with Crippen molar-refractivity contribution in [1.29, 1.82) is 0 Å². The number of hydrogen-bond donors (Lipinski definition) is 1. The first-order valence-corrected chi connectivity index (χ1v) is 5.39. The van der Waals surface area contributed by atoms with Gasteiger partial charge in [-0.05, 0) is 0 Å². The van der Waals surface area contributed by atoms with Crippen molar-refractivity contribution in [2.75, 3.05) is 13.2 Å². The summed E-state index contributed by atoms with van der Waals surface area (Å²) < 4.78 is 30.1. The molecule has 1 aromatic carbocycles. The summed E-state index contributed by atoms with van der Waals surface area (Å²) in [7, 11) is 0. The van der Waals surface area contributed by atoms with Crippen molar-refractivity contribution >= 4 is 16.8 Å². The highest BCUT2D eigenvalue weighted by Crippen LogP contribution is 2.37. The van der Waals surface area contributed by atoms with Crippen LogP contribution >= 0.6 is 0 Å². The van der Waals surface area contributed by atoms with Gasteiger partial charge in [0.25, 0.3) is 5.69 Å². The Morgan fingerprint density at radius 2 is 1.88 bits per heavy atom. The number of nitro groups is 1. The summed E-state index contributed by atoms with van der Waals surface area (Å²) in [5.74, 6) is 0.460. The molecule has 0 aromatic heterocycles. The van der Waals surface area contributed by atoms with Crippen LogP contribution in [-0.2, 0) is 11.1 Å². The van der Waals surface area contributed by atoms with Crippen LogP contribution in [0.3, 0.4) is 0 Å². The molecule has 16 heavy (non-hydrogen) atoms. The van der Waals surface area contributed by atoms with E-state index in [0.29, 0.717) is 13.2 Å². The van der Waals surface area contributed by atoms with Gasteiger partial charge >= 0.3 is 0 Å². The SMILES string of the molecule is O=[N+]([O-])c1cc2c(cc1S(=O)O)OCCO2. The molecule has 0 radical (unpaired) electrons. The van der Waals surface area contributed by atoms with E-state index < -0.39 is 21.7 Å². The highest BCUT2D eigenvalue weighted by atomic mass is 32.2. The molecule has 86 valence electrons. The van der Waals surface area contributed by atoms with Crippen LogP contribution in [0.25, 0.3) is 0 Å². The summed E-state index contributed by atoms with van der Waals surface area (Å²) >= 11 is -2.44. The molecule has 0 saturated heterocycles. The van der Waals surface area contributed by atoms with Crippen molar-refractivity contribution in [3.8, 4) is 11.5 Å². The van der Waals surface area contributed by atoms with Crippen LogP contribution in [0, 0.1) is 10.1 Å². The Morgan fingerprint density at radius 1 is 1.31 bits per heavy atom. The Bertz CT molecular complexity index is 431. The number of ether oxygens (including phenoxy) is 2. The van der Waals surface area contributed by atoms with Gasteiger partial charge in [-0.25, -0.2) is 4.21 Å². The van der Waals surface area contributed by atoms with Gasteiger partial charge < -0.3 is 14.0 Å². The minimum Gasteiger partial charge on any atom is -0.486 e. The second-order valence-electron chi connectivity index (χ2n) is 2.97. The van der Waals surface area contributed by atoms with E-state index in [1.54, 1.807) is 0 Å². The summed E-state index contributed by atoms with van der Waals surface area (Å²) in [4.78, 5) is 9.64. The fourth-order valence-corrected chi connectivity index (χ4v) is 1.86. The monoisotopic (exact) mass is 245 g/mol. The lowest BCUT2D eigenvalue weighted by Gasteiger charge is -2.18. The van der Waals surface area contributed by atoms with E-state index in [0.717, 1.165) is 12.1 Å². The largest absolute Gasteiger partial charge is 0.486 e. The molecule has 8 heteroatoms. The molecule has 1 aliphatic heterocycles. The molecular weight excluding hydrogens is 238 g/mol. The molecule has 0 aliphatic carbocycles. The number of benzene rings is 1. The molecule has 1 aliphatic rings. The lowest BCUT2D eigenvalue weighted by Crippen LogP contribution is -2.16. The lowest BCUT2D eigenvalue weighted by atomic mass is 10.2. The van der Waals surface area contributed by atoms with Gasteiger partial charge in [0.2, 0.25) is 0 Å². The van der Waals surface area contributed by atoms with Crippen LogP contribution in [-0.4, -0.2) is 26.9 Å². The van der Waals surface area contributed by atoms with Gasteiger partial charge in [-0.2, -0.15) is 0 Å². The fraction of sp³-hybridized carbons (Fsp3) is 0.250. The van der Waals surface area contributed by atoms with Crippen molar-refractivity contribution in [2.45, 2.75) is 4.90 Å². The first-order valence-electron chi connectivity index (χ1n) is 4.28. The number of nitro benzene ring substituents is 1. The average Bonchev–Trinajstić information content (AvgIpc) is 2.27. The predicted octanol–water partition coefficient (Wildman–Crippen LogP) is 0.947. The molecule has 1 heterocycles. The standard InChI is InChI=1S/C8H7NO6S/c10-9(11)5-3-6-7(15-2-1-14-6)4-8(5)16(12)13/h3-4H,1-2H2,(H,12,13). The number of rotatable bonds is 2. The molecule has 7 nitrogen and oxygen atoms in total. The molecule has 1 unspecified atom stereocenters. The first-order chi connectivity index (χ1) is 7.59. The number of nitrogens with zero attached hydrogens (tertiary/aromatic N) is 1. The van der Waals surface area contributed by atoms with E-state index in [9.17, 15) is 14.3 Å². The molecule has 0 amide bonds. The fourth-order valence-electron chi connectivity index (χ4n) is 1.34. The predicted molar refractivity (Wildman–Crippen MR) is 53.1 cm³/mol. The average molecular weight is 245 g/mol. The number of fused-ring (bicyclic) bond motifs is 1. The van der Waals surface area contributed by atoms with Crippen molar-refractivity contribution in [3.63, 3.8) is 0 Å². The van der Waals surface area contributed by atoms with Gasteiger partial charge in [0.05, 0.1) is 11.0 Å². The quantitative estimate of drug-likeness (QED) is 0.473. The van der Waals surface area contributed by atoms with Crippen LogP contribution in [0.2, 0.25) is 0 Å². The molecule has 0 fully saturated rings.